The van der Waals surface area contributed by atoms with Gasteiger partial charge in [-0.3, -0.25) is 0 Å². The van der Waals surface area contributed by atoms with Crippen LogP contribution in [0.4, 0.5) is 16.2 Å². The minimum Gasteiger partial charge on any atom is -0.437 e. The highest BCUT2D eigenvalue weighted by Gasteiger charge is 2.22. The molecule has 1 amide bonds. The lowest BCUT2D eigenvalue weighted by Crippen LogP contribution is -2.19. The smallest absolute Gasteiger partial charge is 0.405 e. The largest absolute Gasteiger partial charge is 0.437 e. The zero-order valence-electron chi connectivity index (χ0n) is 20.2. The summed E-state index contributed by atoms with van der Waals surface area (Å²) in [4.78, 5) is 22.2. The van der Waals surface area contributed by atoms with Crippen LogP contribution in [0.1, 0.15) is 22.8 Å². The number of amides is 1. The van der Waals surface area contributed by atoms with Gasteiger partial charge < -0.3 is 20.4 Å². The molecule has 1 atom stereocenters. The topological polar surface area (TPSA) is 108 Å². The second-order valence-electron chi connectivity index (χ2n) is 9.46. The van der Waals surface area contributed by atoms with Crippen molar-refractivity contribution in [3.63, 3.8) is 0 Å². The Labute approximate surface area is 210 Å². The molecule has 0 aliphatic carbocycles. The van der Waals surface area contributed by atoms with E-state index in [0.29, 0.717) is 0 Å². The molecule has 37 heavy (non-hydrogen) atoms. The first-order valence-electron chi connectivity index (χ1n) is 11.9. The van der Waals surface area contributed by atoms with E-state index in [-0.39, 0.29) is 0 Å². The van der Waals surface area contributed by atoms with Crippen LogP contribution in [0.15, 0.2) is 82.2 Å². The van der Waals surface area contributed by atoms with E-state index < -0.39 is 12.2 Å². The average Bonchev–Trinajstić information content (AvgIpc) is 3.64. The van der Waals surface area contributed by atoms with Gasteiger partial charge in [0.15, 0.2) is 6.10 Å². The third-order valence-electron chi connectivity index (χ3n) is 7.12. The van der Waals surface area contributed by atoms with Gasteiger partial charge in [-0.25, -0.2) is 9.79 Å². The fourth-order valence-corrected chi connectivity index (χ4v) is 5.42. The van der Waals surface area contributed by atoms with Gasteiger partial charge in [-0.05, 0) is 47.5 Å². The molecule has 1 aromatic heterocycles. The Balaban J connectivity index is 1.51. The van der Waals surface area contributed by atoms with Crippen molar-refractivity contribution in [3.8, 4) is 0 Å². The second-order valence-corrected chi connectivity index (χ2v) is 9.46. The van der Waals surface area contributed by atoms with Crippen molar-refractivity contribution in [3.05, 3.63) is 105 Å². The maximum absolute atomic E-state index is 11.9. The van der Waals surface area contributed by atoms with E-state index in [9.17, 15) is 4.79 Å². The number of rotatable bonds is 4. The number of H-pyrrole nitrogens is 1. The van der Waals surface area contributed by atoms with E-state index in [1.165, 1.54) is 0 Å². The number of nitrogens with one attached hydrogen (secondary N) is 1. The van der Waals surface area contributed by atoms with Gasteiger partial charge in [-0.15, -0.1) is 0 Å². The van der Waals surface area contributed by atoms with E-state index in [1.54, 1.807) is 0 Å². The Morgan fingerprint density at radius 1 is 0.946 bits per heavy atom. The number of carbonyl (C=O) groups excluding carboxylic acids is 1. The van der Waals surface area contributed by atoms with Crippen molar-refractivity contribution in [1.29, 1.82) is 0 Å². The maximum atomic E-state index is 11.9. The van der Waals surface area contributed by atoms with Crippen molar-refractivity contribution in [2.24, 2.45) is 20.9 Å². The fourth-order valence-electron chi connectivity index (χ4n) is 5.42. The Morgan fingerprint density at radius 2 is 1.70 bits per heavy atom. The highest BCUT2D eigenvalue weighted by atomic mass is 16.6. The Hall–Kier alpha value is -4.98. The molecule has 180 valence electrons. The molecule has 5 aromatic rings. The van der Waals surface area contributed by atoms with Crippen molar-refractivity contribution in [1.82, 2.24) is 4.98 Å². The molecule has 0 fully saturated rings. The molecule has 2 aliphatic heterocycles. The van der Waals surface area contributed by atoms with Crippen LogP contribution in [0.25, 0.3) is 21.5 Å². The summed E-state index contributed by atoms with van der Waals surface area (Å²) in [6.07, 6.45) is 4.35. The number of nitrogens with two attached hydrogens (primary N) is 1. The standard InChI is InChI=1S/C29H22N6O2/c1-35(2)17-6-3-15(4-7-17)28(37-29(30)36)16-5-9-23-19(11-16)26-21-13-31-12-20(21)25-18(27(26)33-23)8-10-24-22(25)14-32-34-24/h3-14,28,31H,1-2H3,(H2,30,36). The van der Waals surface area contributed by atoms with Gasteiger partial charge in [-0.1, -0.05) is 18.2 Å². The van der Waals surface area contributed by atoms with E-state index in [4.69, 9.17) is 15.5 Å². The Bertz CT molecular complexity index is 2020. The van der Waals surface area contributed by atoms with Crippen LogP contribution in [0.2, 0.25) is 0 Å². The molecule has 8 heteroatoms. The summed E-state index contributed by atoms with van der Waals surface area (Å²) in [5.74, 6) is 0. The molecule has 0 saturated heterocycles. The molecule has 0 spiro atoms. The summed E-state index contributed by atoms with van der Waals surface area (Å²) < 4.78 is 5.63. The van der Waals surface area contributed by atoms with Crippen LogP contribution in [0.3, 0.4) is 0 Å². The van der Waals surface area contributed by atoms with E-state index >= 15 is 0 Å². The maximum Gasteiger partial charge on any atom is 0.405 e. The minimum atomic E-state index is -0.827. The van der Waals surface area contributed by atoms with Gasteiger partial charge in [-0.2, -0.15) is 10.2 Å². The van der Waals surface area contributed by atoms with E-state index in [1.807, 2.05) is 80.1 Å². The molecule has 0 saturated carbocycles. The number of hydrogen-bond donors (Lipinski definition) is 2. The molecule has 2 aliphatic rings. The van der Waals surface area contributed by atoms with Gasteiger partial charge in [0.2, 0.25) is 0 Å². The molecule has 3 N–H and O–H groups in total. The average molecular weight is 487 g/mol. The van der Waals surface area contributed by atoms with Crippen molar-refractivity contribution >= 4 is 45.2 Å². The van der Waals surface area contributed by atoms with Crippen LogP contribution in [0, 0.1) is 10.4 Å². The fraction of sp³-hybridized carbons (Fsp3) is 0.103. The number of nitrogens with zero attached hydrogens (tertiary/aromatic N) is 4. The van der Waals surface area contributed by atoms with Crippen LogP contribution in [0.5, 0.6) is 0 Å². The minimum absolute atomic E-state index is 0.647. The number of aromatic amines is 1. The Kier molecular flexibility index (Phi) is 4.47. The van der Waals surface area contributed by atoms with Crippen LogP contribution < -0.4 is 21.3 Å². The molecule has 7 rings (SSSR count). The van der Waals surface area contributed by atoms with Crippen LogP contribution >= 0.6 is 0 Å². The molecular formula is C29H22N6O2. The normalized spacial score (nSPS) is 13.6. The zero-order chi connectivity index (χ0) is 25.3. The molecule has 0 radical (unpaired) electrons. The predicted molar refractivity (Wildman–Crippen MR) is 143 cm³/mol. The highest BCUT2D eigenvalue weighted by molar-refractivity contribution is 6.18. The number of ether oxygens (including phenoxy) is 1. The molecule has 4 aromatic carbocycles. The Morgan fingerprint density at radius 3 is 2.49 bits per heavy atom. The number of benzene rings is 4. The first kappa shape index (κ1) is 21.3. The van der Waals surface area contributed by atoms with Gasteiger partial charge in [0.05, 0.1) is 22.6 Å². The summed E-state index contributed by atoms with van der Waals surface area (Å²) in [7, 11) is 3.96. The lowest BCUT2D eigenvalue weighted by atomic mass is 9.96. The van der Waals surface area contributed by atoms with Crippen molar-refractivity contribution in [2.45, 2.75) is 6.10 Å². The number of aromatic nitrogens is 1. The summed E-state index contributed by atoms with van der Waals surface area (Å²) in [5, 5.41) is 16.4. The van der Waals surface area contributed by atoms with Crippen molar-refractivity contribution < 1.29 is 9.53 Å². The first-order valence-corrected chi connectivity index (χ1v) is 11.9. The van der Waals surface area contributed by atoms with Crippen LogP contribution in [-0.2, 0) is 4.74 Å². The summed E-state index contributed by atoms with van der Waals surface area (Å²) >= 11 is 0. The van der Waals surface area contributed by atoms with E-state index in [2.05, 4.69) is 27.3 Å². The number of hydrogen-bond acceptors (Lipinski definition) is 6. The van der Waals surface area contributed by atoms with Gasteiger partial charge in [0, 0.05) is 69.7 Å². The first-order chi connectivity index (χ1) is 18.0. The quantitative estimate of drug-likeness (QED) is 0.392. The zero-order valence-corrected chi connectivity index (χ0v) is 20.2. The molecule has 0 bridgehead atoms. The number of carbonyl (C=O) groups is 1. The second kappa shape index (κ2) is 7.76. The predicted octanol–water partition coefficient (Wildman–Crippen LogP) is 4.09. The summed E-state index contributed by atoms with van der Waals surface area (Å²) in [6, 6.07) is 17.9. The number of anilines is 1. The van der Waals surface area contributed by atoms with Gasteiger partial charge in [0.25, 0.3) is 0 Å². The SMILES string of the molecule is CN(C)c1ccc(C(OC(N)=O)c2ccc3c(c2)=c2c(c4ccc5c(c4c4c[nH]cc24)C=NN=5)N=3)cc1. The molecule has 3 heterocycles. The summed E-state index contributed by atoms with van der Waals surface area (Å²) in [5.41, 5.74) is 10.1. The molecule has 1 unspecified atom stereocenters. The third-order valence-corrected chi connectivity index (χ3v) is 7.12. The van der Waals surface area contributed by atoms with Gasteiger partial charge >= 0.3 is 6.09 Å². The van der Waals surface area contributed by atoms with Gasteiger partial charge in [0.1, 0.15) is 0 Å². The van der Waals surface area contributed by atoms with Crippen LogP contribution in [-0.4, -0.2) is 31.4 Å². The van der Waals surface area contributed by atoms with E-state index in [0.717, 1.165) is 70.8 Å². The third kappa shape index (κ3) is 3.15. The summed E-state index contributed by atoms with van der Waals surface area (Å²) in [6.45, 7) is 0. The number of primary amides is 1. The van der Waals surface area contributed by atoms with Crippen molar-refractivity contribution in [2.75, 3.05) is 19.0 Å². The lowest BCUT2D eigenvalue weighted by Gasteiger charge is -2.19. The highest BCUT2D eigenvalue weighted by Crippen LogP contribution is 2.38. The lowest BCUT2D eigenvalue weighted by molar-refractivity contribution is 0.126. The molecular weight excluding hydrogens is 464 g/mol. The number of fused-ring (bicyclic) bond motifs is 9. The molecule has 8 nitrogen and oxygen atoms in total. The monoisotopic (exact) mass is 486 g/mol.